The van der Waals surface area contributed by atoms with Gasteiger partial charge in [-0.05, 0) is 69.4 Å². The maximum absolute atomic E-state index is 5.29. The molecule has 0 saturated carbocycles. The molecule has 10 aromatic rings. The Hall–Kier alpha value is -6.97. The van der Waals surface area contributed by atoms with E-state index >= 15 is 0 Å². The van der Waals surface area contributed by atoms with E-state index in [1.165, 1.54) is 21.7 Å². The predicted molar refractivity (Wildman–Crippen MR) is 217 cm³/mol. The van der Waals surface area contributed by atoms with Crippen LogP contribution in [0.5, 0.6) is 0 Å². The first-order valence-corrected chi connectivity index (χ1v) is 17.6. The van der Waals surface area contributed by atoms with Crippen LogP contribution in [-0.2, 0) is 0 Å². The summed E-state index contributed by atoms with van der Waals surface area (Å²) in [5.74, 6) is 0. The lowest BCUT2D eigenvalue weighted by molar-refractivity contribution is 1.36. The number of nitrogens with zero attached hydrogens (tertiary/aromatic N) is 3. The fourth-order valence-electron chi connectivity index (χ4n) is 7.47. The standard InChI is InChI=1S/C49H31N3/c1-4-13-35(14-5-1)43-27-25-38-30-41(40-26-29-44(36-15-6-2-7-16-36)52-49(40)48(38)51-43)33-20-22-34(23-21-33)42-31-46(37-17-8-3-9-18-37)50-45-28-24-32-12-10-11-19-39(32)47(42)45/h1-31H. The van der Waals surface area contributed by atoms with Crippen molar-refractivity contribution in [3.05, 3.63) is 188 Å². The number of pyridine rings is 3. The van der Waals surface area contributed by atoms with Crippen LogP contribution in [0, 0.1) is 0 Å². The Balaban J connectivity index is 1.16. The van der Waals surface area contributed by atoms with Gasteiger partial charge in [0.25, 0.3) is 0 Å². The molecule has 242 valence electrons. The second-order valence-corrected chi connectivity index (χ2v) is 13.2. The first-order valence-electron chi connectivity index (χ1n) is 17.6. The van der Waals surface area contributed by atoms with Gasteiger partial charge in [0.1, 0.15) is 0 Å². The van der Waals surface area contributed by atoms with Gasteiger partial charge in [0.2, 0.25) is 0 Å². The van der Waals surface area contributed by atoms with Gasteiger partial charge in [-0.15, -0.1) is 0 Å². The van der Waals surface area contributed by atoms with Gasteiger partial charge in [-0.25, -0.2) is 15.0 Å². The van der Waals surface area contributed by atoms with Crippen molar-refractivity contribution in [2.75, 3.05) is 0 Å². The largest absolute Gasteiger partial charge is 0.248 e. The van der Waals surface area contributed by atoms with Gasteiger partial charge in [0.15, 0.2) is 0 Å². The molecule has 0 aliphatic rings. The molecule has 0 unspecified atom stereocenters. The van der Waals surface area contributed by atoms with Gasteiger partial charge >= 0.3 is 0 Å². The Morgan fingerprint density at radius 2 is 0.827 bits per heavy atom. The van der Waals surface area contributed by atoms with Crippen LogP contribution in [0.15, 0.2) is 188 Å². The number of rotatable bonds is 5. The zero-order valence-corrected chi connectivity index (χ0v) is 28.2. The monoisotopic (exact) mass is 661 g/mol. The highest BCUT2D eigenvalue weighted by atomic mass is 14.8. The summed E-state index contributed by atoms with van der Waals surface area (Å²) < 4.78 is 0. The highest BCUT2D eigenvalue weighted by molar-refractivity contribution is 6.14. The second-order valence-electron chi connectivity index (χ2n) is 13.2. The van der Waals surface area contributed by atoms with Crippen LogP contribution in [0.25, 0.3) is 99.5 Å². The Kier molecular flexibility index (Phi) is 7.14. The zero-order chi connectivity index (χ0) is 34.4. The molecule has 10 rings (SSSR count). The van der Waals surface area contributed by atoms with Crippen molar-refractivity contribution < 1.29 is 0 Å². The fourth-order valence-corrected chi connectivity index (χ4v) is 7.47. The number of benzene rings is 7. The molecule has 0 spiro atoms. The van der Waals surface area contributed by atoms with Gasteiger partial charge < -0.3 is 0 Å². The molecule has 0 aliphatic heterocycles. The third-order valence-corrected chi connectivity index (χ3v) is 10.0. The third-order valence-electron chi connectivity index (χ3n) is 10.0. The van der Waals surface area contributed by atoms with E-state index in [0.717, 1.165) is 77.8 Å². The van der Waals surface area contributed by atoms with E-state index in [1.54, 1.807) is 0 Å². The molecule has 7 aromatic carbocycles. The summed E-state index contributed by atoms with van der Waals surface area (Å²) in [5.41, 5.74) is 13.5. The first kappa shape index (κ1) is 29.9. The molecule has 3 nitrogen and oxygen atoms in total. The van der Waals surface area contributed by atoms with E-state index in [4.69, 9.17) is 15.0 Å². The molecule has 0 atom stereocenters. The quantitative estimate of drug-likeness (QED) is 0.172. The van der Waals surface area contributed by atoms with Crippen molar-refractivity contribution in [2.45, 2.75) is 0 Å². The highest BCUT2D eigenvalue weighted by Gasteiger charge is 2.16. The lowest BCUT2D eigenvalue weighted by Gasteiger charge is -2.15. The Morgan fingerprint density at radius 1 is 0.288 bits per heavy atom. The minimum Gasteiger partial charge on any atom is -0.248 e. The average molecular weight is 662 g/mol. The van der Waals surface area contributed by atoms with Crippen LogP contribution in [0.4, 0.5) is 0 Å². The number of fused-ring (bicyclic) bond motifs is 6. The molecule has 0 saturated heterocycles. The van der Waals surface area contributed by atoms with Crippen LogP contribution in [-0.4, -0.2) is 15.0 Å². The summed E-state index contributed by atoms with van der Waals surface area (Å²) in [7, 11) is 0. The summed E-state index contributed by atoms with van der Waals surface area (Å²) in [4.78, 5) is 15.7. The third kappa shape index (κ3) is 5.19. The number of aromatic nitrogens is 3. The minimum atomic E-state index is 0.898. The SMILES string of the molecule is c1ccc(-c2cc(-c3ccc(-c4cc5ccc(-c6ccccc6)nc5c5nc(-c6ccccc6)ccc45)cc3)c3c(ccc4ccccc43)n2)cc1. The van der Waals surface area contributed by atoms with Crippen molar-refractivity contribution in [2.24, 2.45) is 0 Å². The smallest absolute Gasteiger partial charge is 0.0978 e. The predicted octanol–water partition coefficient (Wildman–Crippen LogP) is 12.8. The summed E-state index contributed by atoms with van der Waals surface area (Å²) in [5, 5.41) is 5.71. The molecule has 0 bridgehead atoms. The molecule has 0 amide bonds. The topological polar surface area (TPSA) is 38.7 Å². The fraction of sp³-hybridized carbons (Fsp3) is 0. The second kappa shape index (κ2) is 12.4. The average Bonchev–Trinajstić information content (AvgIpc) is 3.23. The van der Waals surface area contributed by atoms with E-state index in [1.807, 2.05) is 18.2 Å². The van der Waals surface area contributed by atoms with E-state index in [2.05, 4.69) is 170 Å². The summed E-state index contributed by atoms with van der Waals surface area (Å²) in [6, 6.07) is 66.2. The lowest BCUT2D eigenvalue weighted by Crippen LogP contribution is -1.94. The molecule has 3 aromatic heterocycles. The zero-order valence-electron chi connectivity index (χ0n) is 28.2. The maximum atomic E-state index is 5.29. The van der Waals surface area contributed by atoms with Gasteiger partial charge in [-0.1, -0.05) is 152 Å². The van der Waals surface area contributed by atoms with E-state index in [-0.39, 0.29) is 0 Å². The van der Waals surface area contributed by atoms with Crippen molar-refractivity contribution in [1.82, 2.24) is 15.0 Å². The van der Waals surface area contributed by atoms with E-state index < -0.39 is 0 Å². The van der Waals surface area contributed by atoms with Crippen LogP contribution >= 0.6 is 0 Å². The van der Waals surface area contributed by atoms with Crippen LogP contribution < -0.4 is 0 Å². The van der Waals surface area contributed by atoms with Gasteiger partial charge in [0.05, 0.1) is 33.6 Å². The molecular formula is C49H31N3. The van der Waals surface area contributed by atoms with Gasteiger partial charge in [0, 0.05) is 32.8 Å². The molecule has 0 fully saturated rings. The molecule has 3 heterocycles. The molecule has 3 heteroatoms. The Bertz CT molecular complexity index is 2920. The molecule has 52 heavy (non-hydrogen) atoms. The summed E-state index contributed by atoms with van der Waals surface area (Å²) in [6.07, 6.45) is 0. The molecule has 0 radical (unpaired) electrons. The van der Waals surface area contributed by atoms with E-state index in [0.29, 0.717) is 0 Å². The Labute approximate surface area is 301 Å². The van der Waals surface area contributed by atoms with Crippen LogP contribution in [0.2, 0.25) is 0 Å². The normalized spacial score (nSPS) is 11.5. The van der Waals surface area contributed by atoms with Crippen molar-refractivity contribution in [1.29, 1.82) is 0 Å². The lowest BCUT2D eigenvalue weighted by atomic mass is 9.92. The summed E-state index contributed by atoms with van der Waals surface area (Å²) in [6.45, 7) is 0. The van der Waals surface area contributed by atoms with Crippen molar-refractivity contribution in [3.8, 4) is 56.0 Å². The van der Waals surface area contributed by atoms with Gasteiger partial charge in [-0.2, -0.15) is 0 Å². The van der Waals surface area contributed by atoms with Crippen LogP contribution in [0.3, 0.4) is 0 Å². The maximum Gasteiger partial charge on any atom is 0.0978 e. The number of hydrogen-bond acceptors (Lipinski definition) is 3. The van der Waals surface area contributed by atoms with Crippen molar-refractivity contribution in [3.63, 3.8) is 0 Å². The first-order chi connectivity index (χ1) is 25.8. The minimum absolute atomic E-state index is 0.898. The highest BCUT2D eigenvalue weighted by Crippen LogP contribution is 2.40. The Morgan fingerprint density at radius 3 is 1.50 bits per heavy atom. The van der Waals surface area contributed by atoms with Crippen LogP contribution in [0.1, 0.15) is 0 Å². The van der Waals surface area contributed by atoms with Crippen molar-refractivity contribution >= 4 is 43.5 Å². The summed E-state index contributed by atoms with van der Waals surface area (Å²) >= 11 is 0. The molecule has 0 aliphatic carbocycles. The molecule has 0 N–H and O–H groups in total. The molecular weight excluding hydrogens is 631 g/mol. The number of hydrogen-bond donors (Lipinski definition) is 0. The van der Waals surface area contributed by atoms with Gasteiger partial charge in [-0.3, -0.25) is 0 Å². The van der Waals surface area contributed by atoms with E-state index in [9.17, 15) is 0 Å².